The Morgan fingerprint density at radius 2 is 1.56 bits per heavy atom. The van der Waals surface area contributed by atoms with Crippen molar-refractivity contribution in [2.45, 2.75) is 11.8 Å². The molecule has 2 aromatic rings. The number of nitrogens with two attached hydrogens (primary N) is 1. The van der Waals surface area contributed by atoms with Gasteiger partial charge in [-0.3, -0.25) is 14.8 Å². The molecule has 2 N–H and O–H groups in total. The molecule has 7 nitrogen and oxygen atoms in total. The van der Waals surface area contributed by atoms with E-state index in [2.05, 4.69) is 9.97 Å². The first kappa shape index (κ1) is 17.0. The molecule has 2 unspecified atom stereocenters. The van der Waals surface area contributed by atoms with Crippen molar-refractivity contribution in [2.75, 3.05) is 11.5 Å². The lowest BCUT2D eigenvalue weighted by Crippen LogP contribution is -2.53. The second-order valence-corrected chi connectivity index (χ2v) is 8.19. The fourth-order valence-corrected chi connectivity index (χ4v) is 5.46. The van der Waals surface area contributed by atoms with Gasteiger partial charge in [-0.05, 0) is 24.3 Å². The van der Waals surface area contributed by atoms with Crippen molar-refractivity contribution < 1.29 is 13.2 Å². The van der Waals surface area contributed by atoms with Crippen LogP contribution in [0.1, 0.15) is 23.2 Å². The van der Waals surface area contributed by atoms with E-state index in [0.717, 1.165) is 0 Å². The molecule has 1 amide bonds. The Kier molecular flexibility index (Phi) is 4.27. The molecular formula is C17H16N4O3S. The van der Waals surface area contributed by atoms with Gasteiger partial charge in [0.05, 0.1) is 17.6 Å². The van der Waals surface area contributed by atoms with E-state index in [9.17, 15) is 18.5 Å². The normalized spacial score (nSPS) is 28.0. The quantitative estimate of drug-likeness (QED) is 0.865. The summed E-state index contributed by atoms with van der Waals surface area (Å²) in [6.07, 6.45) is 2.99. The van der Waals surface area contributed by atoms with Crippen LogP contribution in [-0.4, -0.2) is 35.8 Å². The smallest absolute Gasteiger partial charge is 0.239 e. The molecule has 0 spiro atoms. The Balaban J connectivity index is 2.26. The van der Waals surface area contributed by atoms with Gasteiger partial charge in [0, 0.05) is 35.6 Å². The van der Waals surface area contributed by atoms with Crippen LogP contribution in [0.5, 0.6) is 0 Å². The zero-order chi connectivity index (χ0) is 18.1. The predicted molar refractivity (Wildman–Crippen MR) is 89.9 cm³/mol. The first-order valence-electron chi connectivity index (χ1n) is 7.64. The highest BCUT2D eigenvalue weighted by Gasteiger charge is 2.59. The largest absolute Gasteiger partial charge is 0.368 e. The molecule has 1 saturated heterocycles. The number of primary amides is 1. The average Bonchev–Trinajstić information content (AvgIpc) is 2.62. The molecule has 128 valence electrons. The molecule has 1 aliphatic rings. The Bertz CT molecular complexity index is 868. The number of amides is 1. The first-order chi connectivity index (χ1) is 11.9. The minimum atomic E-state index is -3.53. The van der Waals surface area contributed by atoms with E-state index in [4.69, 9.17) is 5.73 Å². The van der Waals surface area contributed by atoms with Crippen LogP contribution in [0, 0.1) is 16.7 Å². The maximum atomic E-state index is 12.5. The van der Waals surface area contributed by atoms with E-state index >= 15 is 0 Å². The van der Waals surface area contributed by atoms with Crippen LogP contribution in [0.25, 0.3) is 0 Å². The van der Waals surface area contributed by atoms with Crippen molar-refractivity contribution in [1.29, 1.82) is 5.26 Å². The molecule has 1 aliphatic heterocycles. The Morgan fingerprint density at radius 1 is 1.08 bits per heavy atom. The van der Waals surface area contributed by atoms with Crippen molar-refractivity contribution in [1.82, 2.24) is 9.97 Å². The van der Waals surface area contributed by atoms with E-state index in [-0.39, 0.29) is 11.5 Å². The highest BCUT2D eigenvalue weighted by Crippen LogP contribution is 2.50. The Hall–Kier alpha value is -2.79. The standard InChI is InChI=1S/C17H16N4O3S/c18-11-17(16(19)22)12(14-5-1-3-7-20-14)9-25(23,24)10-13(17)15-6-2-4-8-21-15/h1-8,12-13H,9-10H2,(H2,19,22). The summed E-state index contributed by atoms with van der Waals surface area (Å²) in [6.45, 7) is 0. The predicted octanol–water partition coefficient (Wildman–Crippen LogP) is 0.768. The van der Waals surface area contributed by atoms with Crippen LogP contribution < -0.4 is 5.73 Å². The third-order valence-electron chi connectivity index (χ3n) is 4.62. The molecule has 0 aliphatic carbocycles. The molecule has 0 radical (unpaired) electrons. The molecule has 8 heteroatoms. The van der Waals surface area contributed by atoms with Gasteiger partial charge in [-0.15, -0.1) is 0 Å². The summed E-state index contributed by atoms with van der Waals surface area (Å²) in [5, 5.41) is 9.94. The van der Waals surface area contributed by atoms with Gasteiger partial charge in [-0.25, -0.2) is 8.42 Å². The van der Waals surface area contributed by atoms with Crippen molar-refractivity contribution in [2.24, 2.45) is 11.1 Å². The molecule has 2 aromatic heterocycles. The van der Waals surface area contributed by atoms with E-state index in [0.29, 0.717) is 11.4 Å². The van der Waals surface area contributed by atoms with Crippen molar-refractivity contribution in [3.63, 3.8) is 0 Å². The molecule has 2 atom stereocenters. The lowest BCUT2D eigenvalue weighted by molar-refractivity contribution is -0.126. The SMILES string of the molecule is N#CC1(C(N)=O)C(c2ccccn2)CS(=O)(=O)CC1c1ccccn1. The van der Waals surface area contributed by atoms with Gasteiger partial charge in [0.1, 0.15) is 0 Å². The van der Waals surface area contributed by atoms with Crippen LogP contribution in [0.3, 0.4) is 0 Å². The highest BCUT2D eigenvalue weighted by atomic mass is 32.2. The van der Waals surface area contributed by atoms with E-state index in [1.165, 1.54) is 12.4 Å². The molecule has 1 fully saturated rings. The minimum Gasteiger partial charge on any atom is -0.368 e. The van der Waals surface area contributed by atoms with Crippen LogP contribution >= 0.6 is 0 Å². The fourth-order valence-electron chi connectivity index (χ4n) is 3.44. The molecule has 0 saturated carbocycles. The second-order valence-electron chi connectivity index (χ2n) is 6.04. The molecule has 0 bridgehead atoms. The number of nitrogens with zero attached hydrogens (tertiary/aromatic N) is 3. The summed E-state index contributed by atoms with van der Waals surface area (Å²) in [4.78, 5) is 20.8. The van der Waals surface area contributed by atoms with E-state index in [1.54, 1.807) is 36.4 Å². The van der Waals surface area contributed by atoms with Crippen molar-refractivity contribution in [3.8, 4) is 6.07 Å². The average molecular weight is 356 g/mol. The van der Waals surface area contributed by atoms with Gasteiger partial charge < -0.3 is 5.73 Å². The zero-order valence-corrected chi connectivity index (χ0v) is 14.1. The third-order valence-corrected chi connectivity index (χ3v) is 6.31. The van der Waals surface area contributed by atoms with Crippen LogP contribution in [-0.2, 0) is 14.6 Å². The zero-order valence-electron chi connectivity index (χ0n) is 13.2. The fraction of sp³-hybridized carbons (Fsp3) is 0.294. The topological polar surface area (TPSA) is 127 Å². The summed E-state index contributed by atoms with van der Waals surface area (Å²) < 4.78 is 25.1. The highest BCUT2D eigenvalue weighted by molar-refractivity contribution is 7.91. The number of pyridine rings is 2. The molecule has 0 aromatic carbocycles. The number of hydrogen-bond donors (Lipinski definition) is 1. The van der Waals surface area contributed by atoms with Crippen molar-refractivity contribution in [3.05, 3.63) is 60.2 Å². The van der Waals surface area contributed by atoms with Gasteiger partial charge in [-0.1, -0.05) is 12.1 Å². The monoisotopic (exact) mass is 356 g/mol. The maximum Gasteiger partial charge on any atom is 0.239 e. The van der Waals surface area contributed by atoms with Gasteiger partial charge >= 0.3 is 0 Å². The number of hydrogen-bond acceptors (Lipinski definition) is 6. The van der Waals surface area contributed by atoms with Gasteiger partial charge in [0.15, 0.2) is 15.3 Å². The van der Waals surface area contributed by atoms with E-state index in [1.807, 2.05) is 6.07 Å². The van der Waals surface area contributed by atoms with E-state index < -0.39 is 33.0 Å². The lowest BCUT2D eigenvalue weighted by Gasteiger charge is -2.41. The van der Waals surface area contributed by atoms with Crippen LogP contribution in [0.2, 0.25) is 0 Å². The maximum absolute atomic E-state index is 12.5. The first-order valence-corrected chi connectivity index (χ1v) is 9.46. The summed E-state index contributed by atoms with van der Waals surface area (Å²) >= 11 is 0. The number of rotatable bonds is 3. The van der Waals surface area contributed by atoms with Gasteiger partial charge in [0.25, 0.3) is 0 Å². The molecule has 3 heterocycles. The Morgan fingerprint density at radius 3 is 1.88 bits per heavy atom. The number of carbonyl (C=O) groups is 1. The van der Waals surface area contributed by atoms with Crippen LogP contribution in [0.15, 0.2) is 48.8 Å². The third kappa shape index (κ3) is 2.87. The number of sulfone groups is 1. The van der Waals surface area contributed by atoms with Gasteiger partial charge in [0.2, 0.25) is 5.91 Å². The number of aromatic nitrogens is 2. The molecule has 25 heavy (non-hydrogen) atoms. The second kappa shape index (κ2) is 6.26. The summed E-state index contributed by atoms with van der Waals surface area (Å²) in [5.74, 6) is -3.49. The number of carbonyl (C=O) groups excluding carboxylic acids is 1. The van der Waals surface area contributed by atoms with Gasteiger partial charge in [-0.2, -0.15) is 5.26 Å². The van der Waals surface area contributed by atoms with Crippen molar-refractivity contribution >= 4 is 15.7 Å². The molecular weight excluding hydrogens is 340 g/mol. The number of nitriles is 1. The lowest BCUT2D eigenvalue weighted by atomic mass is 9.65. The summed E-state index contributed by atoms with van der Waals surface area (Å²) in [7, 11) is -3.53. The summed E-state index contributed by atoms with van der Waals surface area (Å²) in [6, 6.07) is 12.0. The van der Waals surface area contributed by atoms with Crippen LogP contribution in [0.4, 0.5) is 0 Å². The minimum absolute atomic E-state index is 0.354. The molecule has 3 rings (SSSR count). The Labute approximate surface area is 145 Å². The summed E-state index contributed by atoms with van der Waals surface area (Å²) in [5.41, 5.74) is 4.61.